The lowest BCUT2D eigenvalue weighted by Gasteiger charge is -2.24. The number of amides is 1. The molecule has 2 heterocycles. The lowest BCUT2D eigenvalue weighted by Crippen LogP contribution is -2.41. The molecule has 2 N–H and O–H groups in total. The summed E-state index contributed by atoms with van der Waals surface area (Å²) in [5.74, 6) is -0.535. The Balaban J connectivity index is 1.77. The van der Waals surface area contributed by atoms with Crippen molar-refractivity contribution in [1.82, 2.24) is 10.2 Å². The van der Waals surface area contributed by atoms with Gasteiger partial charge in [-0.15, -0.1) is 0 Å². The Morgan fingerprint density at radius 1 is 1.42 bits per heavy atom. The largest absolute Gasteiger partial charge is 0.507 e. The van der Waals surface area contributed by atoms with Crippen molar-refractivity contribution in [3.63, 3.8) is 0 Å². The van der Waals surface area contributed by atoms with E-state index < -0.39 is 5.82 Å². The molecule has 102 valence electrons. The van der Waals surface area contributed by atoms with E-state index in [0.717, 1.165) is 25.5 Å². The molecule has 0 spiro atoms. The van der Waals surface area contributed by atoms with Crippen molar-refractivity contribution in [2.45, 2.75) is 18.9 Å². The first-order chi connectivity index (χ1) is 9.15. The number of carbonyl (C=O) groups excluding carboxylic acids is 1. The number of nitrogens with one attached hydrogen (secondary N) is 1. The zero-order valence-corrected chi connectivity index (χ0v) is 10.6. The molecule has 2 aliphatic heterocycles. The van der Waals surface area contributed by atoms with Gasteiger partial charge in [0.15, 0.2) is 0 Å². The number of rotatable bonds is 1. The minimum absolute atomic E-state index is 0.181. The van der Waals surface area contributed by atoms with Crippen molar-refractivity contribution in [2.24, 2.45) is 5.92 Å². The summed E-state index contributed by atoms with van der Waals surface area (Å²) in [6, 6.07) is 3.89. The first-order valence-corrected chi connectivity index (χ1v) is 6.66. The minimum Gasteiger partial charge on any atom is -0.507 e. The molecule has 0 radical (unpaired) electrons. The molecule has 5 heteroatoms. The van der Waals surface area contributed by atoms with E-state index in [0.29, 0.717) is 25.0 Å². The third kappa shape index (κ3) is 2.30. The van der Waals surface area contributed by atoms with Gasteiger partial charge in [-0.2, -0.15) is 0 Å². The second-order valence-corrected chi connectivity index (χ2v) is 5.33. The minimum atomic E-state index is -0.536. The third-order valence-electron chi connectivity index (χ3n) is 4.08. The second kappa shape index (κ2) is 4.81. The molecule has 1 aromatic carbocycles. The number of hydrogen-bond acceptors (Lipinski definition) is 3. The normalized spacial score (nSPS) is 26.3. The van der Waals surface area contributed by atoms with Crippen LogP contribution in [0.4, 0.5) is 4.39 Å². The van der Waals surface area contributed by atoms with Crippen LogP contribution >= 0.6 is 0 Å². The number of benzene rings is 1. The fraction of sp³-hybridized carbons (Fsp3) is 0.500. The highest BCUT2D eigenvalue weighted by Gasteiger charge is 2.37. The van der Waals surface area contributed by atoms with E-state index in [9.17, 15) is 14.3 Å². The molecule has 0 bridgehead atoms. The molecule has 2 fully saturated rings. The Morgan fingerprint density at radius 3 is 3.00 bits per heavy atom. The van der Waals surface area contributed by atoms with Crippen LogP contribution in [-0.2, 0) is 0 Å². The van der Waals surface area contributed by atoms with Crippen LogP contribution in [0.25, 0.3) is 0 Å². The van der Waals surface area contributed by atoms with Crippen molar-refractivity contribution in [1.29, 1.82) is 0 Å². The maximum atomic E-state index is 12.9. The van der Waals surface area contributed by atoms with Crippen molar-refractivity contribution in [2.75, 3.05) is 19.6 Å². The SMILES string of the molecule is O=C(c1ccc(F)cc1O)N1CC2CCCNC2C1. The van der Waals surface area contributed by atoms with Gasteiger partial charge in [0.25, 0.3) is 5.91 Å². The maximum Gasteiger partial charge on any atom is 0.257 e. The molecule has 1 amide bonds. The van der Waals surface area contributed by atoms with E-state index in [2.05, 4.69) is 5.32 Å². The first-order valence-electron chi connectivity index (χ1n) is 6.66. The number of phenols is 1. The summed E-state index contributed by atoms with van der Waals surface area (Å²) in [4.78, 5) is 14.1. The highest BCUT2D eigenvalue weighted by Crippen LogP contribution is 2.28. The smallest absolute Gasteiger partial charge is 0.257 e. The van der Waals surface area contributed by atoms with Gasteiger partial charge in [0.2, 0.25) is 0 Å². The van der Waals surface area contributed by atoms with Crippen LogP contribution in [0.2, 0.25) is 0 Å². The number of aromatic hydroxyl groups is 1. The number of piperidine rings is 1. The summed E-state index contributed by atoms with van der Waals surface area (Å²) in [6.45, 7) is 2.39. The predicted octanol–water partition coefficient (Wildman–Crippen LogP) is 1.36. The van der Waals surface area contributed by atoms with Crippen molar-refractivity contribution >= 4 is 5.91 Å². The molecule has 2 atom stereocenters. The van der Waals surface area contributed by atoms with E-state index in [1.807, 2.05) is 0 Å². The lowest BCUT2D eigenvalue weighted by molar-refractivity contribution is 0.0782. The molecule has 4 nitrogen and oxygen atoms in total. The van der Waals surface area contributed by atoms with Gasteiger partial charge >= 0.3 is 0 Å². The molecule has 0 saturated carbocycles. The maximum absolute atomic E-state index is 12.9. The number of fused-ring (bicyclic) bond motifs is 1. The van der Waals surface area contributed by atoms with Crippen LogP contribution in [0.5, 0.6) is 5.75 Å². The number of likely N-dealkylation sites (tertiary alicyclic amines) is 1. The average Bonchev–Trinajstić information content (AvgIpc) is 2.81. The molecule has 2 saturated heterocycles. The standard InChI is InChI=1S/C14H17FN2O2/c15-10-3-4-11(13(18)6-10)14(19)17-7-9-2-1-5-16-12(9)8-17/h3-4,6,9,12,16,18H,1-2,5,7-8H2. The molecule has 2 aliphatic rings. The molecule has 2 unspecified atom stereocenters. The van der Waals surface area contributed by atoms with Crippen LogP contribution in [0, 0.1) is 11.7 Å². The van der Waals surface area contributed by atoms with Crippen LogP contribution in [-0.4, -0.2) is 41.6 Å². The van der Waals surface area contributed by atoms with Gasteiger partial charge in [-0.3, -0.25) is 4.79 Å². The fourth-order valence-corrected chi connectivity index (χ4v) is 3.07. The van der Waals surface area contributed by atoms with E-state index in [1.165, 1.54) is 12.1 Å². The zero-order chi connectivity index (χ0) is 13.4. The molecule has 0 aliphatic carbocycles. The Hall–Kier alpha value is -1.62. The third-order valence-corrected chi connectivity index (χ3v) is 4.08. The van der Waals surface area contributed by atoms with Crippen LogP contribution in [0.15, 0.2) is 18.2 Å². The van der Waals surface area contributed by atoms with E-state index >= 15 is 0 Å². The molecular weight excluding hydrogens is 247 g/mol. The van der Waals surface area contributed by atoms with Gasteiger partial charge in [-0.05, 0) is 37.4 Å². The topological polar surface area (TPSA) is 52.6 Å². The van der Waals surface area contributed by atoms with Crippen molar-refractivity contribution in [3.05, 3.63) is 29.6 Å². The van der Waals surface area contributed by atoms with Gasteiger partial charge in [0, 0.05) is 25.2 Å². The van der Waals surface area contributed by atoms with E-state index in [-0.39, 0.29) is 17.2 Å². The summed E-state index contributed by atoms with van der Waals surface area (Å²) >= 11 is 0. The van der Waals surface area contributed by atoms with Gasteiger partial charge in [-0.1, -0.05) is 0 Å². The number of phenolic OH excluding ortho intramolecular Hbond substituents is 1. The van der Waals surface area contributed by atoms with Crippen LogP contribution < -0.4 is 5.32 Å². The Morgan fingerprint density at radius 2 is 2.26 bits per heavy atom. The number of halogens is 1. The summed E-state index contributed by atoms with van der Waals surface area (Å²) in [5, 5.41) is 13.1. The fourth-order valence-electron chi connectivity index (χ4n) is 3.07. The summed E-state index contributed by atoms with van der Waals surface area (Å²) in [7, 11) is 0. The number of hydrogen-bond donors (Lipinski definition) is 2. The summed E-state index contributed by atoms with van der Waals surface area (Å²) in [5.41, 5.74) is 0.181. The quantitative estimate of drug-likeness (QED) is 0.805. The highest BCUT2D eigenvalue weighted by molar-refractivity contribution is 5.97. The van der Waals surface area contributed by atoms with Gasteiger partial charge < -0.3 is 15.3 Å². The molecule has 3 rings (SSSR count). The Bertz CT molecular complexity index is 492. The monoisotopic (exact) mass is 264 g/mol. The summed E-state index contributed by atoms with van der Waals surface area (Å²) < 4.78 is 12.9. The number of carbonyl (C=O) groups is 1. The average molecular weight is 264 g/mol. The molecular formula is C14H17FN2O2. The van der Waals surface area contributed by atoms with Crippen molar-refractivity contribution < 1.29 is 14.3 Å². The van der Waals surface area contributed by atoms with Crippen LogP contribution in [0.3, 0.4) is 0 Å². The van der Waals surface area contributed by atoms with Crippen molar-refractivity contribution in [3.8, 4) is 5.75 Å². The molecule has 19 heavy (non-hydrogen) atoms. The van der Waals surface area contributed by atoms with E-state index in [4.69, 9.17) is 0 Å². The Labute approximate surface area is 111 Å². The van der Waals surface area contributed by atoms with Gasteiger partial charge in [0.1, 0.15) is 11.6 Å². The molecule has 1 aromatic rings. The van der Waals surface area contributed by atoms with E-state index in [1.54, 1.807) is 4.90 Å². The Kier molecular flexibility index (Phi) is 3.14. The second-order valence-electron chi connectivity index (χ2n) is 5.33. The lowest BCUT2D eigenvalue weighted by atomic mass is 9.94. The zero-order valence-electron chi connectivity index (χ0n) is 10.6. The van der Waals surface area contributed by atoms with Gasteiger partial charge in [0.05, 0.1) is 5.56 Å². The van der Waals surface area contributed by atoms with Crippen LogP contribution in [0.1, 0.15) is 23.2 Å². The molecule has 0 aromatic heterocycles. The predicted molar refractivity (Wildman–Crippen MR) is 68.5 cm³/mol. The highest BCUT2D eigenvalue weighted by atomic mass is 19.1. The first kappa shape index (κ1) is 12.4. The summed E-state index contributed by atoms with van der Waals surface area (Å²) in [6.07, 6.45) is 2.28. The number of nitrogens with zero attached hydrogens (tertiary/aromatic N) is 1. The van der Waals surface area contributed by atoms with Gasteiger partial charge in [-0.25, -0.2) is 4.39 Å².